The highest BCUT2D eigenvalue weighted by molar-refractivity contribution is 5.62. The summed E-state index contributed by atoms with van der Waals surface area (Å²) in [6.07, 6.45) is 5.51. The topological polar surface area (TPSA) is 36.2 Å². The zero-order valence-electron chi connectivity index (χ0n) is 9.52. The van der Waals surface area contributed by atoms with E-state index in [1.807, 2.05) is 6.21 Å². The van der Waals surface area contributed by atoms with E-state index in [9.17, 15) is 0 Å². The second kappa shape index (κ2) is 4.54. The summed E-state index contributed by atoms with van der Waals surface area (Å²) in [4.78, 5) is 3.99. The van der Waals surface area contributed by atoms with Crippen LogP contribution in [0.4, 0.5) is 0 Å². The third kappa shape index (κ3) is 5.56. The van der Waals surface area contributed by atoms with E-state index in [1.165, 1.54) is 6.21 Å². The molecule has 0 fully saturated rings. The molecule has 0 unspecified atom stereocenters. The second-order valence-electron chi connectivity index (χ2n) is 5.12. The molecular formula is C11H22N2. The van der Waals surface area contributed by atoms with Gasteiger partial charge in [-0.1, -0.05) is 27.7 Å². The summed E-state index contributed by atoms with van der Waals surface area (Å²) in [5, 5.41) is 7.30. The Hall–Kier alpha value is -0.660. The van der Waals surface area contributed by atoms with Crippen LogP contribution < -0.4 is 0 Å². The molecule has 0 spiro atoms. The van der Waals surface area contributed by atoms with E-state index in [1.54, 1.807) is 7.05 Å². The van der Waals surface area contributed by atoms with Crippen LogP contribution in [0.1, 0.15) is 40.5 Å². The summed E-state index contributed by atoms with van der Waals surface area (Å²) >= 11 is 0. The maximum absolute atomic E-state index is 7.30. The summed E-state index contributed by atoms with van der Waals surface area (Å²) in [6.45, 7) is 8.65. The molecule has 0 saturated heterocycles. The molecule has 0 aliphatic rings. The zero-order valence-corrected chi connectivity index (χ0v) is 9.52. The fourth-order valence-corrected chi connectivity index (χ4v) is 1.70. The minimum absolute atomic E-state index is 0.00504. The second-order valence-corrected chi connectivity index (χ2v) is 5.12. The number of hydrogen-bond donors (Lipinski definition) is 1. The quantitative estimate of drug-likeness (QED) is 0.634. The molecular weight excluding hydrogens is 160 g/mol. The van der Waals surface area contributed by atoms with E-state index in [2.05, 4.69) is 32.7 Å². The molecule has 76 valence electrons. The minimum atomic E-state index is 0.00504. The van der Waals surface area contributed by atoms with Crippen molar-refractivity contribution in [3.8, 4) is 0 Å². The van der Waals surface area contributed by atoms with Crippen LogP contribution in [0.5, 0.6) is 0 Å². The van der Waals surface area contributed by atoms with Crippen LogP contribution in [0.3, 0.4) is 0 Å². The normalized spacial score (nSPS) is 13.6. The van der Waals surface area contributed by atoms with Gasteiger partial charge < -0.3 is 10.4 Å². The summed E-state index contributed by atoms with van der Waals surface area (Å²) in [5.41, 5.74) is 0.242. The van der Waals surface area contributed by atoms with Crippen molar-refractivity contribution in [2.45, 2.75) is 40.5 Å². The van der Waals surface area contributed by atoms with E-state index in [4.69, 9.17) is 5.41 Å². The van der Waals surface area contributed by atoms with Gasteiger partial charge in [-0.3, -0.25) is 0 Å². The molecule has 0 aromatic heterocycles. The highest BCUT2D eigenvalue weighted by atomic mass is 14.6. The summed E-state index contributed by atoms with van der Waals surface area (Å²) in [5.74, 6) is 0. The SMILES string of the molecule is CN=CCC(C)(C)CC(C)(C)C=N. The van der Waals surface area contributed by atoms with Crippen LogP contribution in [-0.4, -0.2) is 19.5 Å². The van der Waals surface area contributed by atoms with Crippen LogP contribution >= 0.6 is 0 Å². The lowest BCUT2D eigenvalue weighted by Crippen LogP contribution is -2.24. The van der Waals surface area contributed by atoms with Crippen molar-refractivity contribution in [2.24, 2.45) is 15.8 Å². The predicted molar refractivity (Wildman–Crippen MR) is 60.0 cm³/mol. The zero-order chi connectivity index (χ0) is 10.5. The van der Waals surface area contributed by atoms with Gasteiger partial charge in [0.25, 0.3) is 0 Å². The molecule has 0 aliphatic carbocycles. The Morgan fingerprint density at radius 3 is 2.15 bits per heavy atom. The van der Waals surface area contributed by atoms with Gasteiger partial charge in [-0.2, -0.15) is 0 Å². The van der Waals surface area contributed by atoms with E-state index < -0.39 is 0 Å². The summed E-state index contributed by atoms with van der Waals surface area (Å²) in [6, 6.07) is 0. The molecule has 0 bridgehead atoms. The van der Waals surface area contributed by atoms with E-state index >= 15 is 0 Å². The Kier molecular flexibility index (Phi) is 4.31. The first-order valence-electron chi connectivity index (χ1n) is 4.75. The maximum Gasteiger partial charge on any atom is 0.0273 e. The molecule has 2 heteroatoms. The van der Waals surface area contributed by atoms with Crippen LogP contribution in [-0.2, 0) is 0 Å². The summed E-state index contributed by atoms with van der Waals surface area (Å²) in [7, 11) is 1.80. The molecule has 0 heterocycles. The predicted octanol–water partition coefficient (Wildman–Crippen LogP) is 3.17. The molecule has 13 heavy (non-hydrogen) atoms. The lowest BCUT2D eigenvalue weighted by molar-refractivity contribution is 0.266. The smallest absolute Gasteiger partial charge is 0.0273 e. The Bertz CT molecular complexity index is 190. The minimum Gasteiger partial charge on any atom is -0.313 e. The number of nitrogens with zero attached hydrogens (tertiary/aromatic N) is 1. The van der Waals surface area contributed by atoms with Crippen molar-refractivity contribution >= 4 is 12.4 Å². The van der Waals surface area contributed by atoms with Crippen LogP contribution in [0.25, 0.3) is 0 Å². The molecule has 0 aromatic rings. The lowest BCUT2D eigenvalue weighted by atomic mass is 9.74. The number of rotatable bonds is 5. The van der Waals surface area contributed by atoms with Gasteiger partial charge in [0.05, 0.1) is 0 Å². The molecule has 0 rings (SSSR count). The Morgan fingerprint density at radius 1 is 1.23 bits per heavy atom. The van der Waals surface area contributed by atoms with E-state index in [-0.39, 0.29) is 10.8 Å². The van der Waals surface area contributed by atoms with Gasteiger partial charge in [0.2, 0.25) is 0 Å². The lowest BCUT2D eigenvalue weighted by Gasteiger charge is -2.31. The third-order valence-corrected chi connectivity index (χ3v) is 2.15. The van der Waals surface area contributed by atoms with Crippen molar-refractivity contribution in [3.05, 3.63) is 0 Å². The van der Waals surface area contributed by atoms with Crippen LogP contribution in [0.2, 0.25) is 0 Å². The average molecular weight is 182 g/mol. The Labute approximate surface area is 82.0 Å². The first-order valence-corrected chi connectivity index (χ1v) is 4.75. The fraction of sp³-hybridized carbons (Fsp3) is 0.818. The molecule has 0 radical (unpaired) electrons. The molecule has 2 nitrogen and oxygen atoms in total. The molecule has 1 N–H and O–H groups in total. The average Bonchev–Trinajstić information content (AvgIpc) is 1.99. The van der Waals surface area contributed by atoms with Crippen LogP contribution in [0.15, 0.2) is 4.99 Å². The Morgan fingerprint density at radius 2 is 1.77 bits per heavy atom. The fourth-order valence-electron chi connectivity index (χ4n) is 1.70. The first-order chi connectivity index (χ1) is 5.83. The molecule has 0 atom stereocenters. The third-order valence-electron chi connectivity index (χ3n) is 2.15. The van der Waals surface area contributed by atoms with Gasteiger partial charge in [-0.05, 0) is 29.9 Å². The monoisotopic (exact) mass is 182 g/mol. The Balaban J connectivity index is 4.23. The van der Waals surface area contributed by atoms with E-state index in [0.717, 1.165) is 12.8 Å². The van der Waals surface area contributed by atoms with Gasteiger partial charge >= 0.3 is 0 Å². The van der Waals surface area contributed by atoms with Gasteiger partial charge in [0, 0.05) is 13.3 Å². The molecule has 0 amide bonds. The van der Waals surface area contributed by atoms with Crippen LogP contribution in [0, 0.1) is 16.2 Å². The van der Waals surface area contributed by atoms with Crippen molar-refractivity contribution in [1.82, 2.24) is 0 Å². The summed E-state index contributed by atoms with van der Waals surface area (Å²) < 4.78 is 0. The van der Waals surface area contributed by atoms with Gasteiger partial charge in [-0.15, -0.1) is 0 Å². The number of nitrogens with one attached hydrogen (secondary N) is 1. The number of aliphatic imine (C=N–C) groups is 1. The van der Waals surface area contributed by atoms with Gasteiger partial charge in [0.1, 0.15) is 0 Å². The van der Waals surface area contributed by atoms with Gasteiger partial charge in [0.15, 0.2) is 0 Å². The first kappa shape index (κ1) is 12.3. The largest absolute Gasteiger partial charge is 0.313 e. The van der Waals surface area contributed by atoms with Crippen molar-refractivity contribution in [1.29, 1.82) is 5.41 Å². The van der Waals surface area contributed by atoms with Gasteiger partial charge in [-0.25, -0.2) is 0 Å². The van der Waals surface area contributed by atoms with Crippen molar-refractivity contribution in [3.63, 3.8) is 0 Å². The maximum atomic E-state index is 7.30. The standard InChI is InChI=1S/C11H22N2/c1-10(2,6-7-13-5)8-11(3,4)9-12/h7,9,12H,6,8H2,1-5H3. The molecule has 0 aromatic carbocycles. The van der Waals surface area contributed by atoms with Crippen molar-refractivity contribution < 1.29 is 0 Å². The molecule has 0 aliphatic heterocycles. The highest BCUT2D eigenvalue weighted by Crippen LogP contribution is 2.34. The van der Waals surface area contributed by atoms with Crippen molar-refractivity contribution in [2.75, 3.05) is 7.05 Å². The van der Waals surface area contributed by atoms with E-state index in [0.29, 0.717) is 0 Å². The number of hydrogen-bond acceptors (Lipinski definition) is 2. The molecule has 0 saturated carbocycles. The highest BCUT2D eigenvalue weighted by Gasteiger charge is 2.26.